The monoisotopic (exact) mass is 346 g/mol. The number of nitrogens with two attached hydrogens (primary N) is 1. The summed E-state index contributed by atoms with van der Waals surface area (Å²) in [5, 5.41) is 2.96. The Bertz CT molecular complexity index is 533. The van der Waals surface area contributed by atoms with E-state index in [2.05, 4.69) is 46.3 Å². The Morgan fingerprint density at radius 2 is 1.64 bits per heavy atom. The van der Waals surface area contributed by atoms with Crippen LogP contribution in [0.4, 0.5) is 0 Å². The average molecular weight is 347 g/mol. The first-order valence-electron chi connectivity index (χ1n) is 9.54. The number of carbonyl (C=O) groups is 1. The van der Waals surface area contributed by atoms with E-state index in [9.17, 15) is 4.79 Å². The molecular weight excluding hydrogens is 312 g/mol. The van der Waals surface area contributed by atoms with Gasteiger partial charge in [-0.05, 0) is 31.0 Å². The Balaban J connectivity index is 1.79. The van der Waals surface area contributed by atoms with Gasteiger partial charge in [-0.15, -0.1) is 0 Å². The summed E-state index contributed by atoms with van der Waals surface area (Å²) in [6.45, 7) is 13.3. The van der Waals surface area contributed by atoms with Crippen LogP contribution >= 0.6 is 0 Å². The molecule has 0 bridgehead atoms. The molecule has 1 amide bonds. The molecule has 25 heavy (non-hydrogen) atoms. The summed E-state index contributed by atoms with van der Waals surface area (Å²) < 4.78 is 0. The van der Waals surface area contributed by atoms with Crippen LogP contribution in [0.5, 0.6) is 0 Å². The molecule has 0 saturated carbocycles. The second-order valence-electron chi connectivity index (χ2n) is 7.38. The Kier molecular flexibility index (Phi) is 7.41. The molecule has 1 unspecified atom stereocenters. The lowest BCUT2D eigenvalue weighted by Gasteiger charge is -2.34. The highest BCUT2D eigenvalue weighted by Gasteiger charge is 2.26. The standard InChI is InChI=1S/C20H34N4O/c1-4-10-20(3,21)19(25)22-15-17-6-8-18(9-7-17)16-24-13-11-23(5-2)12-14-24/h6-9H,4-5,10-16,21H2,1-3H3,(H,22,25). The van der Waals surface area contributed by atoms with Crippen molar-refractivity contribution < 1.29 is 4.79 Å². The van der Waals surface area contributed by atoms with E-state index in [0.717, 1.165) is 51.3 Å². The molecule has 1 aromatic rings. The number of hydrogen-bond acceptors (Lipinski definition) is 4. The molecular formula is C20H34N4O. The summed E-state index contributed by atoms with van der Waals surface area (Å²) in [5.74, 6) is -0.0766. The van der Waals surface area contributed by atoms with E-state index in [-0.39, 0.29) is 5.91 Å². The molecule has 1 fully saturated rings. The molecule has 1 aromatic carbocycles. The van der Waals surface area contributed by atoms with Gasteiger partial charge in [0.15, 0.2) is 0 Å². The van der Waals surface area contributed by atoms with E-state index in [1.54, 1.807) is 6.92 Å². The van der Waals surface area contributed by atoms with Crippen molar-refractivity contribution in [3.05, 3.63) is 35.4 Å². The number of nitrogens with zero attached hydrogens (tertiary/aromatic N) is 2. The molecule has 3 N–H and O–H groups in total. The summed E-state index contributed by atoms with van der Waals surface area (Å²) >= 11 is 0. The lowest BCUT2D eigenvalue weighted by Crippen LogP contribution is -2.51. The van der Waals surface area contributed by atoms with Crippen molar-refractivity contribution in [3.63, 3.8) is 0 Å². The van der Waals surface area contributed by atoms with Gasteiger partial charge in [0.05, 0.1) is 5.54 Å². The molecule has 0 aromatic heterocycles. The molecule has 5 heteroatoms. The van der Waals surface area contributed by atoms with Crippen LogP contribution < -0.4 is 11.1 Å². The van der Waals surface area contributed by atoms with Crippen LogP contribution in [0.3, 0.4) is 0 Å². The normalized spacial score (nSPS) is 18.7. The molecule has 5 nitrogen and oxygen atoms in total. The number of carbonyl (C=O) groups excluding carboxylic acids is 1. The van der Waals surface area contributed by atoms with Gasteiger partial charge in [0.1, 0.15) is 0 Å². The molecule has 1 aliphatic rings. The SMILES string of the molecule is CCCC(C)(N)C(=O)NCc1ccc(CN2CCN(CC)CC2)cc1. The van der Waals surface area contributed by atoms with Gasteiger partial charge in [-0.2, -0.15) is 0 Å². The van der Waals surface area contributed by atoms with E-state index in [0.29, 0.717) is 13.0 Å². The number of rotatable bonds is 8. The molecule has 140 valence electrons. The molecule has 0 radical (unpaired) electrons. The van der Waals surface area contributed by atoms with Crippen LogP contribution in [0.15, 0.2) is 24.3 Å². The van der Waals surface area contributed by atoms with Crippen molar-refractivity contribution in [2.24, 2.45) is 5.73 Å². The largest absolute Gasteiger partial charge is 0.350 e. The first-order valence-corrected chi connectivity index (χ1v) is 9.54. The quantitative estimate of drug-likeness (QED) is 0.755. The predicted octanol–water partition coefficient (Wildman–Crippen LogP) is 1.96. The highest BCUT2D eigenvalue weighted by atomic mass is 16.2. The lowest BCUT2D eigenvalue weighted by molar-refractivity contribution is -0.126. The number of nitrogens with one attached hydrogen (secondary N) is 1. The van der Waals surface area contributed by atoms with E-state index >= 15 is 0 Å². The minimum Gasteiger partial charge on any atom is -0.350 e. The lowest BCUT2D eigenvalue weighted by atomic mass is 9.96. The Hall–Kier alpha value is -1.43. The van der Waals surface area contributed by atoms with Crippen LogP contribution in [0.25, 0.3) is 0 Å². The molecule has 0 spiro atoms. The average Bonchev–Trinajstić information content (AvgIpc) is 2.61. The zero-order chi connectivity index (χ0) is 18.3. The smallest absolute Gasteiger partial charge is 0.240 e. The highest BCUT2D eigenvalue weighted by molar-refractivity contribution is 5.85. The van der Waals surface area contributed by atoms with Crippen LogP contribution in [-0.2, 0) is 17.9 Å². The minimum absolute atomic E-state index is 0.0766. The first kappa shape index (κ1) is 19.9. The molecule has 2 rings (SSSR count). The van der Waals surface area contributed by atoms with Gasteiger partial charge in [0.25, 0.3) is 0 Å². The Morgan fingerprint density at radius 3 is 2.20 bits per heavy atom. The van der Waals surface area contributed by atoms with Gasteiger partial charge in [0, 0.05) is 39.3 Å². The maximum absolute atomic E-state index is 12.2. The third-order valence-corrected chi connectivity index (χ3v) is 5.08. The van der Waals surface area contributed by atoms with E-state index in [4.69, 9.17) is 5.73 Å². The second-order valence-corrected chi connectivity index (χ2v) is 7.38. The van der Waals surface area contributed by atoms with Crippen molar-refractivity contribution in [2.45, 2.75) is 52.2 Å². The number of amides is 1. The third-order valence-electron chi connectivity index (χ3n) is 5.08. The highest BCUT2D eigenvalue weighted by Crippen LogP contribution is 2.12. The zero-order valence-electron chi connectivity index (χ0n) is 16.1. The molecule has 1 atom stereocenters. The van der Waals surface area contributed by atoms with Crippen molar-refractivity contribution in [1.29, 1.82) is 0 Å². The van der Waals surface area contributed by atoms with E-state index < -0.39 is 5.54 Å². The van der Waals surface area contributed by atoms with Crippen LogP contribution in [0.2, 0.25) is 0 Å². The van der Waals surface area contributed by atoms with Gasteiger partial charge in [0.2, 0.25) is 5.91 Å². The molecule has 1 saturated heterocycles. The number of benzene rings is 1. The van der Waals surface area contributed by atoms with Gasteiger partial charge in [-0.25, -0.2) is 0 Å². The molecule has 1 heterocycles. The topological polar surface area (TPSA) is 61.6 Å². The maximum atomic E-state index is 12.2. The predicted molar refractivity (Wildman–Crippen MR) is 103 cm³/mol. The fourth-order valence-electron chi connectivity index (χ4n) is 3.30. The summed E-state index contributed by atoms with van der Waals surface area (Å²) in [6.07, 6.45) is 1.60. The fraction of sp³-hybridized carbons (Fsp3) is 0.650. The second kappa shape index (κ2) is 9.32. The van der Waals surface area contributed by atoms with Crippen molar-refractivity contribution in [3.8, 4) is 0 Å². The summed E-state index contributed by atoms with van der Waals surface area (Å²) in [6, 6.07) is 8.54. The van der Waals surface area contributed by atoms with Crippen LogP contribution in [0.1, 0.15) is 44.7 Å². The van der Waals surface area contributed by atoms with Crippen LogP contribution in [-0.4, -0.2) is 54.0 Å². The van der Waals surface area contributed by atoms with E-state index in [1.807, 2.05) is 6.92 Å². The molecule has 0 aliphatic carbocycles. The Labute approximate surface area is 152 Å². The summed E-state index contributed by atoms with van der Waals surface area (Å²) in [4.78, 5) is 17.2. The summed E-state index contributed by atoms with van der Waals surface area (Å²) in [7, 11) is 0. The van der Waals surface area contributed by atoms with Crippen molar-refractivity contribution in [2.75, 3.05) is 32.7 Å². The summed E-state index contributed by atoms with van der Waals surface area (Å²) in [5.41, 5.74) is 7.72. The number of likely N-dealkylation sites (N-methyl/N-ethyl adjacent to an activating group) is 1. The van der Waals surface area contributed by atoms with Gasteiger partial charge < -0.3 is 16.0 Å². The van der Waals surface area contributed by atoms with Gasteiger partial charge >= 0.3 is 0 Å². The number of piperazine rings is 1. The fourth-order valence-corrected chi connectivity index (χ4v) is 3.30. The third kappa shape index (κ3) is 6.10. The Morgan fingerprint density at radius 1 is 1.08 bits per heavy atom. The molecule has 1 aliphatic heterocycles. The number of hydrogen-bond donors (Lipinski definition) is 2. The first-order chi connectivity index (χ1) is 11.9. The maximum Gasteiger partial charge on any atom is 0.240 e. The minimum atomic E-state index is -0.782. The van der Waals surface area contributed by atoms with E-state index in [1.165, 1.54) is 5.56 Å². The van der Waals surface area contributed by atoms with Gasteiger partial charge in [-0.1, -0.05) is 44.5 Å². The van der Waals surface area contributed by atoms with Gasteiger partial charge in [-0.3, -0.25) is 9.69 Å². The van der Waals surface area contributed by atoms with Crippen LogP contribution in [0, 0.1) is 0 Å². The zero-order valence-corrected chi connectivity index (χ0v) is 16.1. The van der Waals surface area contributed by atoms with Crippen molar-refractivity contribution >= 4 is 5.91 Å². The van der Waals surface area contributed by atoms with Crippen molar-refractivity contribution in [1.82, 2.24) is 15.1 Å².